The number of carbonyl (C=O) groups is 2. The summed E-state index contributed by atoms with van der Waals surface area (Å²) in [6.07, 6.45) is 0. The van der Waals surface area contributed by atoms with Crippen LogP contribution >= 0.6 is 11.3 Å². The van der Waals surface area contributed by atoms with Crippen molar-refractivity contribution in [3.05, 3.63) is 24.3 Å². The number of nitrogens with two attached hydrogens (primary N) is 1. The van der Waals surface area contributed by atoms with E-state index in [0.717, 1.165) is 5.56 Å². The summed E-state index contributed by atoms with van der Waals surface area (Å²) in [7, 11) is 0. The van der Waals surface area contributed by atoms with Crippen molar-refractivity contribution < 1.29 is 9.59 Å². The van der Waals surface area contributed by atoms with E-state index in [1.165, 1.54) is 25.2 Å². The number of rotatable bonds is 3. The maximum absolute atomic E-state index is 11.0. The molecule has 0 atom stereocenters. The molecule has 0 aliphatic carbocycles. The lowest BCUT2D eigenvalue weighted by Crippen LogP contribution is -2.05. The van der Waals surface area contributed by atoms with Gasteiger partial charge in [0.05, 0.1) is 0 Å². The molecule has 0 saturated carbocycles. The number of anilines is 3. The van der Waals surface area contributed by atoms with Crippen molar-refractivity contribution >= 4 is 39.0 Å². The number of nitrogens with one attached hydrogen (secondary N) is 2. The van der Waals surface area contributed by atoms with Gasteiger partial charge in [0, 0.05) is 25.1 Å². The lowest BCUT2D eigenvalue weighted by Gasteiger charge is -2.03. The molecule has 104 valence electrons. The molecule has 2 amide bonds. The number of amides is 2. The average molecular weight is 290 g/mol. The fourth-order valence-electron chi connectivity index (χ4n) is 1.66. The molecule has 20 heavy (non-hydrogen) atoms. The quantitative estimate of drug-likeness (QED) is 0.808. The van der Waals surface area contributed by atoms with Gasteiger partial charge in [-0.25, -0.2) is 4.98 Å². The Labute approximate surface area is 120 Å². The first-order valence-electron chi connectivity index (χ1n) is 5.87. The van der Waals surface area contributed by atoms with Crippen LogP contribution in [0.25, 0.3) is 11.3 Å². The van der Waals surface area contributed by atoms with Crippen molar-refractivity contribution in [2.45, 2.75) is 13.8 Å². The van der Waals surface area contributed by atoms with Gasteiger partial charge in [0.2, 0.25) is 11.8 Å². The summed E-state index contributed by atoms with van der Waals surface area (Å²) in [6, 6.07) is 7.17. The number of hydrogen-bond donors (Lipinski definition) is 3. The molecule has 0 bridgehead atoms. The van der Waals surface area contributed by atoms with Crippen LogP contribution in [0.4, 0.5) is 15.8 Å². The molecule has 0 saturated heterocycles. The van der Waals surface area contributed by atoms with Crippen molar-refractivity contribution in [2.24, 2.45) is 0 Å². The maximum atomic E-state index is 11.0. The first-order valence-corrected chi connectivity index (χ1v) is 6.69. The van der Waals surface area contributed by atoms with Crippen LogP contribution in [0.3, 0.4) is 0 Å². The van der Waals surface area contributed by atoms with E-state index in [1.54, 1.807) is 12.1 Å². The predicted octanol–water partition coefficient (Wildman–Crippen LogP) is 2.31. The van der Waals surface area contributed by atoms with E-state index in [1.807, 2.05) is 12.1 Å². The molecule has 0 aliphatic heterocycles. The Morgan fingerprint density at radius 3 is 2.25 bits per heavy atom. The van der Waals surface area contributed by atoms with Crippen LogP contribution in [0.2, 0.25) is 0 Å². The molecule has 2 aromatic rings. The molecule has 0 spiro atoms. The molecule has 1 heterocycles. The topological polar surface area (TPSA) is 97.1 Å². The van der Waals surface area contributed by atoms with Crippen LogP contribution in [0, 0.1) is 0 Å². The third-order valence-electron chi connectivity index (χ3n) is 2.42. The van der Waals surface area contributed by atoms with Gasteiger partial charge in [0.15, 0.2) is 5.13 Å². The fraction of sp³-hybridized carbons (Fsp3) is 0.154. The molecule has 0 unspecified atom stereocenters. The van der Waals surface area contributed by atoms with Gasteiger partial charge in [0.25, 0.3) is 0 Å². The minimum Gasteiger partial charge on any atom is -0.389 e. The van der Waals surface area contributed by atoms with Crippen molar-refractivity contribution in [3.63, 3.8) is 0 Å². The summed E-state index contributed by atoms with van der Waals surface area (Å²) in [5, 5.41) is 6.29. The zero-order valence-corrected chi connectivity index (χ0v) is 11.9. The number of aromatic nitrogens is 1. The Morgan fingerprint density at radius 2 is 1.70 bits per heavy atom. The van der Waals surface area contributed by atoms with Gasteiger partial charge >= 0.3 is 0 Å². The van der Waals surface area contributed by atoms with E-state index >= 15 is 0 Å². The Kier molecular flexibility index (Phi) is 3.99. The third kappa shape index (κ3) is 3.33. The summed E-state index contributed by atoms with van der Waals surface area (Å²) < 4.78 is 0. The van der Waals surface area contributed by atoms with Crippen LogP contribution in [0.1, 0.15) is 13.8 Å². The SMILES string of the molecule is CC(=O)Nc1ccc(-c2nc(NC(C)=O)sc2N)cc1. The van der Waals surface area contributed by atoms with Gasteiger partial charge in [0.1, 0.15) is 10.7 Å². The molecule has 2 rings (SSSR count). The highest BCUT2D eigenvalue weighted by atomic mass is 32.1. The zero-order valence-electron chi connectivity index (χ0n) is 11.1. The number of benzene rings is 1. The monoisotopic (exact) mass is 290 g/mol. The molecule has 1 aromatic heterocycles. The molecule has 0 aliphatic rings. The second-order valence-electron chi connectivity index (χ2n) is 4.17. The molecule has 1 aromatic carbocycles. The first-order chi connectivity index (χ1) is 9.45. The van der Waals surface area contributed by atoms with E-state index < -0.39 is 0 Å². The summed E-state index contributed by atoms with van der Waals surface area (Å²) in [5.41, 5.74) is 8.05. The van der Waals surface area contributed by atoms with E-state index in [4.69, 9.17) is 5.73 Å². The highest BCUT2D eigenvalue weighted by Gasteiger charge is 2.11. The van der Waals surface area contributed by atoms with E-state index in [9.17, 15) is 9.59 Å². The molecular weight excluding hydrogens is 276 g/mol. The number of carbonyl (C=O) groups excluding carboxylic acids is 2. The van der Waals surface area contributed by atoms with Crippen molar-refractivity contribution in [1.29, 1.82) is 0 Å². The molecule has 7 heteroatoms. The molecule has 0 radical (unpaired) electrons. The van der Waals surface area contributed by atoms with Gasteiger partial charge < -0.3 is 16.4 Å². The minimum atomic E-state index is -0.189. The van der Waals surface area contributed by atoms with Crippen molar-refractivity contribution in [1.82, 2.24) is 4.98 Å². The van der Waals surface area contributed by atoms with E-state index in [0.29, 0.717) is 21.5 Å². The standard InChI is InChI=1S/C13H14N4O2S/c1-7(18)15-10-5-3-9(4-6-10)11-12(14)20-13(17-11)16-8(2)19/h3-6H,14H2,1-2H3,(H,15,18)(H,16,17,19). The lowest BCUT2D eigenvalue weighted by molar-refractivity contribution is -0.115. The number of nitrogens with zero attached hydrogens (tertiary/aromatic N) is 1. The highest BCUT2D eigenvalue weighted by molar-refractivity contribution is 7.20. The highest BCUT2D eigenvalue weighted by Crippen LogP contribution is 2.33. The average Bonchev–Trinajstić information content (AvgIpc) is 2.69. The molecular formula is C13H14N4O2S. The Bertz CT molecular complexity index is 649. The lowest BCUT2D eigenvalue weighted by atomic mass is 10.1. The Balaban J connectivity index is 2.25. The van der Waals surface area contributed by atoms with Crippen LogP contribution in [0.5, 0.6) is 0 Å². The van der Waals surface area contributed by atoms with Crippen molar-refractivity contribution in [3.8, 4) is 11.3 Å². The first kappa shape index (κ1) is 14.0. The Hall–Kier alpha value is -2.41. The second kappa shape index (κ2) is 5.70. The maximum Gasteiger partial charge on any atom is 0.223 e. The predicted molar refractivity (Wildman–Crippen MR) is 80.6 cm³/mol. The van der Waals surface area contributed by atoms with Gasteiger partial charge in [-0.1, -0.05) is 23.5 Å². The largest absolute Gasteiger partial charge is 0.389 e. The van der Waals surface area contributed by atoms with Gasteiger partial charge in [-0.2, -0.15) is 0 Å². The van der Waals surface area contributed by atoms with Crippen LogP contribution < -0.4 is 16.4 Å². The smallest absolute Gasteiger partial charge is 0.223 e. The number of nitrogen functional groups attached to an aromatic ring is 1. The van der Waals surface area contributed by atoms with E-state index in [2.05, 4.69) is 15.6 Å². The zero-order chi connectivity index (χ0) is 14.7. The molecule has 0 fully saturated rings. The molecule has 4 N–H and O–H groups in total. The molecule has 6 nitrogen and oxygen atoms in total. The summed E-state index contributed by atoms with van der Waals surface area (Å²) in [6.45, 7) is 2.87. The van der Waals surface area contributed by atoms with Gasteiger partial charge in [-0.3, -0.25) is 9.59 Å². The minimum absolute atomic E-state index is 0.126. The Morgan fingerprint density at radius 1 is 1.10 bits per heavy atom. The van der Waals surface area contributed by atoms with Gasteiger partial charge in [-0.15, -0.1) is 0 Å². The van der Waals surface area contributed by atoms with Crippen molar-refractivity contribution in [2.75, 3.05) is 16.4 Å². The van der Waals surface area contributed by atoms with E-state index in [-0.39, 0.29) is 11.8 Å². The summed E-state index contributed by atoms with van der Waals surface area (Å²) in [5.74, 6) is -0.315. The number of thiazole rings is 1. The van der Waals surface area contributed by atoms with Crippen LogP contribution in [0.15, 0.2) is 24.3 Å². The normalized spacial score (nSPS) is 10.1. The third-order valence-corrected chi connectivity index (χ3v) is 3.22. The van der Waals surface area contributed by atoms with Gasteiger partial charge in [-0.05, 0) is 12.1 Å². The summed E-state index contributed by atoms with van der Waals surface area (Å²) in [4.78, 5) is 26.2. The summed E-state index contributed by atoms with van der Waals surface area (Å²) >= 11 is 1.22. The number of hydrogen-bond acceptors (Lipinski definition) is 5. The fourth-order valence-corrected chi connectivity index (χ4v) is 2.46. The van der Waals surface area contributed by atoms with Crippen LogP contribution in [-0.2, 0) is 9.59 Å². The second-order valence-corrected chi connectivity index (χ2v) is 5.20. The van der Waals surface area contributed by atoms with Crippen LogP contribution in [-0.4, -0.2) is 16.8 Å².